The fourth-order valence-electron chi connectivity index (χ4n) is 3.00. The molecule has 0 bridgehead atoms. The first-order chi connectivity index (χ1) is 14.5. The normalized spacial score (nSPS) is 10.5. The maximum Gasteiger partial charge on any atom is 0.255 e. The second kappa shape index (κ2) is 10.2. The molecule has 0 saturated carbocycles. The Morgan fingerprint density at radius 1 is 0.867 bits per heavy atom. The molecule has 0 radical (unpaired) electrons. The number of benzene rings is 3. The van der Waals surface area contributed by atoms with E-state index in [0.29, 0.717) is 23.5 Å². The van der Waals surface area contributed by atoms with E-state index in [1.165, 1.54) is 0 Å². The van der Waals surface area contributed by atoms with Gasteiger partial charge in [0, 0.05) is 29.5 Å². The van der Waals surface area contributed by atoms with Gasteiger partial charge in [0.05, 0.1) is 13.7 Å². The van der Waals surface area contributed by atoms with Crippen LogP contribution in [-0.2, 0) is 11.3 Å². The highest BCUT2D eigenvalue weighted by molar-refractivity contribution is 6.04. The molecule has 3 aromatic carbocycles. The van der Waals surface area contributed by atoms with E-state index in [0.717, 1.165) is 11.3 Å². The number of likely N-dealkylation sites (N-methyl/N-ethyl adjacent to an activating group) is 1. The SMILES string of the molecule is COc1cccc(NC(=O)CN(C)Cc2ccc(C(=O)Nc3ccccc3)cc2)c1. The standard InChI is InChI=1S/C24H25N3O3/c1-27(17-23(28)25-21-9-6-10-22(15-21)30-2)16-18-11-13-19(14-12-18)24(29)26-20-7-4-3-5-8-20/h3-15H,16-17H2,1-2H3,(H,25,28)(H,26,29). The van der Waals surface area contributed by atoms with Gasteiger partial charge in [-0.15, -0.1) is 0 Å². The van der Waals surface area contributed by atoms with Crippen LogP contribution in [0.1, 0.15) is 15.9 Å². The van der Waals surface area contributed by atoms with Crippen molar-refractivity contribution >= 4 is 23.2 Å². The molecule has 0 unspecified atom stereocenters. The third-order valence-electron chi connectivity index (χ3n) is 4.47. The van der Waals surface area contributed by atoms with Crippen molar-refractivity contribution < 1.29 is 14.3 Å². The molecule has 0 aliphatic heterocycles. The van der Waals surface area contributed by atoms with Crippen LogP contribution in [0.4, 0.5) is 11.4 Å². The molecule has 0 aliphatic rings. The van der Waals surface area contributed by atoms with Crippen LogP contribution in [0.2, 0.25) is 0 Å². The first-order valence-corrected chi connectivity index (χ1v) is 9.61. The summed E-state index contributed by atoms with van der Waals surface area (Å²) in [5.41, 5.74) is 3.05. The van der Waals surface area contributed by atoms with Gasteiger partial charge < -0.3 is 15.4 Å². The molecule has 3 rings (SSSR count). The smallest absolute Gasteiger partial charge is 0.255 e. The highest BCUT2D eigenvalue weighted by atomic mass is 16.5. The summed E-state index contributed by atoms with van der Waals surface area (Å²) < 4.78 is 5.17. The molecule has 2 N–H and O–H groups in total. The second-order valence-corrected chi connectivity index (χ2v) is 6.97. The maximum absolute atomic E-state index is 12.3. The molecule has 30 heavy (non-hydrogen) atoms. The minimum Gasteiger partial charge on any atom is -0.497 e. The summed E-state index contributed by atoms with van der Waals surface area (Å²) >= 11 is 0. The van der Waals surface area contributed by atoms with Crippen LogP contribution in [0.3, 0.4) is 0 Å². The lowest BCUT2D eigenvalue weighted by Crippen LogP contribution is -2.29. The van der Waals surface area contributed by atoms with E-state index in [9.17, 15) is 9.59 Å². The average Bonchev–Trinajstić information content (AvgIpc) is 2.75. The highest BCUT2D eigenvalue weighted by Gasteiger charge is 2.10. The molecule has 0 atom stereocenters. The predicted octanol–water partition coefficient (Wildman–Crippen LogP) is 4.02. The van der Waals surface area contributed by atoms with Gasteiger partial charge in [-0.1, -0.05) is 36.4 Å². The number of amides is 2. The Hall–Kier alpha value is -3.64. The number of rotatable bonds is 8. The monoisotopic (exact) mass is 403 g/mol. The van der Waals surface area contributed by atoms with Gasteiger partial charge in [0.25, 0.3) is 5.91 Å². The van der Waals surface area contributed by atoms with Crippen LogP contribution in [0.25, 0.3) is 0 Å². The number of carbonyl (C=O) groups excluding carboxylic acids is 2. The first kappa shape index (κ1) is 21.1. The van der Waals surface area contributed by atoms with Gasteiger partial charge in [0.1, 0.15) is 5.75 Å². The number of para-hydroxylation sites is 1. The van der Waals surface area contributed by atoms with Crippen LogP contribution in [0.5, 0.6) is 5.75 Å². The minimum atomic E-state index is -0.154. The van der Waals surface area contributed by atoms with Gasteiger partial charge >= 0.3 is 0 Å². The van der Waals surface area contributed by atoms with Crippen molar-refractivity contribution in [3.63, 3.8) is 0 Å². The van der Waals surface area contributed by atoms with Crippen molar-refractivity contribution in [2.75, 3.05) is 31.3 Å². The van der Waals surface area contributed by atoms with E-state index >= 15 is 0 Å². The van der Waals surface area contributed by atoms with Crippen molar-refractivity contribution in [1.82, 2.24) is 4.90 Å². The molecular weight excluding hydrogens is 378 g/mol. The van der Waals surface area contributed by atoms with E-state index in [2.05, 4.69) is 10.6 Å². The Morgan fingerprint density at radius 3 is 2.27 bits per heavy atom. The van der Waals surface area contributed by atoms with Crippen molar-refractivity contribution in [3.05, 3.63) is 90.0 Å². The molecule has 0 saturated heterocycles. The van der Waals surface area contributed by atoms with Gasteiger partial charge in [-0.25, -0.2) is 0 Å². The lowest BCUT2D eigenvalue weighted by molar-refractivity contribution is -0.117. The molecule has 0 aliphatic carbocycles. The van der Waals surface area contributed by atoms with Crippen molar-refractivity contribution in [2.24, 2.45) is 0 Å². The quantitative estimate of drug-likeness (QED) is 0.596. The Labute approximate surface area is 176 Å². The zero-order valence-electron chi connectivity index (χ0n) is 17.1. The molecule has 6 nitrogen and oxygen atoms in total. The predicted molar refractivity (Wildman–Crippen MR) is 119 cm³/mol. The summed E-state index contributed by atoms with van der Waals surface area (Å²) in [6.07, 6.45) is 0. The molecule has 0 spiro atoms. The van der Waals surface area contributed by atoms with Crippen molar-refractivity contribution in [2.45, 2.75) is 6.54 Å². The topological polar surface area (TPSA) is 70.7 Å². The third-order valence-corrected chi connectivity index (χ3v) is 4.47. The Morgan fingerprint density at radius 2 is 1.57 bits per heavy atom. The number of methoxy groups -OCH3 is 1. The number of hydrogen-bond donors (Lipinski definition) is 2. The average molecular weight is 403 g/mol. The van der Waals surface area contributed by atoms with Gasteiger partial charge in [0.2, 0.25) is 5.91 Å². The highest BCUT2D eigenvalue weighted by Crippen LogP contribution is 2.17. The number of carbonyl (C=O) groups is 2. The van der Waals surface area contributed by atoms with Gasteiger partial charge in [0.15, 0.2) is 0 Å². The molecule has 3 aromatic rings. The third kappa shape index (κ3) is 6.18. The van der Waals surface area contributed by atoms with Gasteiger partial charge in [-0.05, 0) is 49.0 Å². The Bertz CT molecular complexity index is 988. The van der Waals surface area contributed by atoms with E-state index < -0.39 is 0 Å². The van der Waals surface area contributed by atoms with E-state index in [1.54, 1.807) is 25.3 Å². The number of ether oxygens (including phenoxy) is 1. The molecule has 6 heteroatoms. The summed E-state index contributed by atoms with van der Waals surface area (Å²) in [5, 5.41) is 5.73. The van der Waals surface area contributed by atoms with Gasteiger partial charge in [-0.3, -0.25) is 14.5 Å². The van der Waals surface area contributed by atoms with Crippen LogP contribution in [0.15, 0.2) is 78.9 Å². The first-order valence-electron chi connectivity index (χ1n) is 9.61. The molecular formula is C24H25N3O3. The number of nitrogens with one attached hydrogen (secondary N) is 2. The lowest BCUT2D eigenvalue weighted by Gasteiger charge is -2.17. The molecule has 154 valence electrons. The Kier molecular flexibility index (Phi) is 7.19. The van der Waals surface area contributed by atoms with Crippen molar-refractivity contribution in [3.8, 4) is 5.75 Å². The Balaban J connectivity index is 1.50. The number of hydrogen-bond acceptors (Lipinski definition) is 4. The van der Waals surface area contributed by atoms with Crippen molar-refractivity contribution in [1.29, 1.82) is 0 Å². The van der Waals surface area contributed by atoms with Crippen LogP contribution < -0.4 is 15.4 Å². The molecule has 2 amide bonds. The van der Waals surface area contributed by atoms with E-state index in [1.807, 2.05) is 72.6 Å². The fraction of sp³-hybridized carbons (Fsp3) is 0.167. The fourth-order valence-corrected chi connectivity index (χ4v) is 3.00. The molecule has 0 aromatic heterocycles. The largest absolute Gasteiger partial charge is 0.497 e. The maximum atomic E-state index is 12.3. The van der Waals surface area contributed by atoms with Gasteiger partial charge in [-0.2, -0.15) is 0 Å². The zero-order valence-corrected chi connectivity index (χ0v) is 17.1. The summed E-state index contributed by atoms with van der Waals surface area (Å²) in [6.45, 7) is 0.833. The summed E-state index contributed by atoms with van der Waals surface area (Å²) in [7, 11) is 3.46. The van der Waals surface area contributed by atoms with Crippen LogP contribution >= 0.6 is 0 Å². The lowest BCUT2D eigenvalue weighted by atomic mass is 10.1. The summed E-state index contributed by atoms with van der Waals surface area (Å²) in [6, 6.07) is 24.0. The van der Waals surface area contributed by atoms with Crippen LogP contribution in [0, 0.1) is 0 Å². The molecule has 0 fully saturated rings. The number of nitrogens with zero attached hydrogens (tertiary/aromatic N) is 1. The summed E-state index contributed by atoms with van der Waals surface area (Å²) in [5.74, 6) is 0.431. The zero-order chi connectivity index (χ0) is 21.3. The number of anilines is 2. The van der Waals surface area contributed by atoms with E-state index in [4.69, 9.17) is 4.74 Å². The van der Waals surface area contributed by atoms with E-state index in [-0.39, 0.29) is 18.4 Å². The minimum absolute atomic E-state index is 0.107. The van der Waals surface area contributed by atoms with Crippen LogP contribution in [-0.4, -0.2) is 37.4 Å². The summed E-state index contributed by atoms with van der Waals surface area (Å²) in [4.78, 5) is 26.5. The molecule has 0 heterocycles. The second-order valence-electron chi connectivity index (χ2n) is 6.97.